The maximum Gasteiger partial charge on any atom is 0.134 e. The quantitative estimate of drug-likeness (QED) is 0.909. The molecule has 1 aromatic carbocycles. The van der Waals surface area contributed by atoms with E-state index in [9.17, 15) is 0 Å². The number of nitrogens with one attached hydrogen (secondary N) is 2. The van der Waals surface area contributed by atoms with E-state index in [1.54, 1.807) is 0 Å². The van der Waals surface area contributed by atoms with E-state index in [1.165, 1.54) is 0 Å². The van der Waals surface area contributed by atoms with Gasteiger partial charge in [0.05, 0.1) is 0 Å². The molecule has 0 saturated carbocycles. The van der Waals surface area contributed by atoms with Gasteiger partial charge in [-0.25, -0.2) is 4.98 Å². The number of imidazole rings is 1. The Morgan fingerprint density at radius 2 is 2.06 bits per heavy atom. The van der Waals surface area contributed by atoms with E-state index < -0.39 is 0 Å². The van der Waals surface area contributed by atoms with E-state index in [-0.39, 0.29) is 0 Å². The summed E-state index contributed by atoms with van der Waals surface area (Å²) in [5.41, 5.74) is 1.83. The molecule has 2 aromatic rings. The van der Waals surface area contributed by atoms with Crippen molar-refractivity contribution in [1.29, 1.82) is 0 Å². The average molecular weight is 315 g/mol. The van der Waals surface area contributed by atoms with Gasteiger partial charge in [-0.15, -0.1) is 0 Å². The van der Waals surface area contributed by atoms with Gasteiger partial charge in [-0.3, -0.25) is 0 Å². The van der Waals surface area contributed by atoms with Gasteiger partial charge >= 0.3 is 0 Å². The fraction of sp³-hybridized carbons (Fsp3) is 0.250. The van der Waals surface area contributed by atoms with Crippen LogP contribution in [0.3, 0.4) is 0 Å². The highest BCUT2D eigenvalue weighted by Gasteiger charge is 2.09. The summed E-state index contributed by atoms with van der Waals surface area (Å²) in [4.78, 5) is 7.60. The van der Waals surface area contributed by atoms with Crippen molar-refractivity contribution < 1.29 is 0 Å². The lowest BCUT2D eigenvalue weighted by atomic mass is 10.2. The zero-order chi connectivity index (χ0) is 12.3. The Morgan fingerprint density at radius 1 is 1.35 bits per heavy atom. The Balaban J connectivity index is 2.26. The summed E-state index contributed by atoms with van der Waals surface area (Å²) < 4.78 is 1.04. The van der Waals surface area contributed by atoms with Crippen LogP contribution in [0.4, 0.5) is 0 Å². The largest absolute Gasteiger partial charge is 0.332 e. The first-order valence-electron chi connectivity index (χ1n) is 5.35. The van der Waals surface area contributed by atoms with Gasteiger partial charge in [-0.2, -0.15) is 0 Å². The third-order valence-electron chi connectivity index (χ3n) is 2.44. The average Bonchev–Trinajstić information content (AvgIpc) is 2.69. The second-order valence-electron chi connectivity index (χ2n) is 3.71. The highest BCUT2D eigenvalue weighted by atomic mass is 79.9. The van der Waals surface area contributed by atoms with Gasteiger partial charge in [0, 0.05) is 23.0 Å². The normalized spacial score (nSPS) is 10.8. The minimum Gasteiger partial charge on any atom is -0.332 e. The Labute approximate surface area is 114 Å². The van der Waals surface area contributed by atoms with Crippen LogP contribution in [0.1, 0.15) is 5.82 Å². The molecule has 0 aliphatic heterocycles. The number of aromatic amines is 1. The van der Waals surface area contributed by atoms with Crippen LogP contribution in [0, 0.1) is 0 Å². The highest BCUT2D eigenvalue weighted by Crippen LogP contribution is 2.26. The van der Waals surface area contributed by atoms with Crippen molar-refractivity contribution in [2.75, 3.05) is 13.6 Å². The third-order valence-corrected chi connectivity index (χ3v) is 3.24. The van der Waals surface area contributed by atoms with Crippen LogP contribution >= 0.6 is 27.5 Å². The maximum absolute atomic E-state index is 6.15. The summed E-state index contributed by atoms with van der Waals surface area (Å²) in [6, 6.07) is 7.95. The first-order chi connectivity index (χ1) is 8.20. The molecule has 0 radical (unpaired) electrons. The van der Waals surface area contributed by atoms with Crippen molar-refractivity contribution >= 4 is 27.5 Å². The van der Waals surface area contributed by atoms with E-state index in [0.29, 0.717) is 5.15 Å². The Hall–Kier alpha value is -0.840. The number of aromatic nitrogens is 2. The lowest BCUT2D eigenvalue weighted by molar-refractivity contribution is 0.764. The number of likely N-dealkylation sites (N-methyl/N-ethyl adjacent to an activating group) is 1. The molecule has 0 amide bonds. The Bertz CT molecular complexity index is 493. The number of halogens is 2. The minimum absolute atomic E-state index is 0.596. The van der Waals surface area contributed by atoms with Crippen molar-refractivity contribution in [3.8, 4) is 11.3 Å². The van der Waals surface area contributed by atoms with E-state index in [4.69, 9.17) is 11.6 Å². The molecule has 0 spiro atoms. The molecule has 0 aliphatic rings. The van der Waals surface area contributed by atoms with Crippen molar-refractivity contribution in [2.45, 2.75) is 6.42 Å². The molecule has 2 N–H and O–H groups in total. The first kappa shape index (κ1) is 12.6. The molecule has 1 aromatic heterocycles. The number of rotatable bonds is 4. The monoisotopic (exact) mass is 313 g/mol. The van der Waals surface area contributed by atoms with Crippen LogP contribution in [0.25, 0.3) is 11.3 Å². The summed E-state index contributed by atoms with van der Waals surface area (Å²) in [7, 11) is 1.92. The molecule has 17 heavy (non-hydrogen) atoms. The van der Waals surface area contributed by atoms with Crippen LogP contribution in [0.5, 0.6) is 0 Å². The summed E-state index contributed by atoms with van der Waals surface area (Å²) in [6.45, 7) is 0.879. The van der Waals surface area contributed by atoms with E-state index in [1.807, 2.05) is 31.3 Å². The molecule has 1 heterocycles. The van der Waals surface area contributed by atoms with Crippen molar-refractivity contribution in [3.05, 3.63) is 39.7 Å². The fourth-order valence-electron chi connectivity index (χ4n) is 1.56. The number of benzene rings is 1. The molecule has 90 valence electrons. The topological polar surface area (TPSA) is 40.7 Å². The van der Waals surface area contributed by atoms with E-state index in [2.05, 4.69) is 31.2 Å². The van der Waals surface area contributed by atoms with Gasteiger partial charge in [-0.05, 0) is 19.2 Å². The van der Waals surface area contributed by atoms with Gasteiger partial charge < -0.3 is 10.3 Å². The van der Waals surface area contributed by atoms with Crippen LogP contribution in [-0.2, 0) is 6.42 Å². The maximum atomic E-state index is 6.15. The number of hydrogen-bond donors (Lipinski definition) is 2. The predicted octanol–water partition coefficient (Wildman–Crippen LogP) is 3.25. The molecule has 0 atom stereocenters. The molecular weight excluding hydrogens is 302 g/mol. The fourth-order valence-corrected chi connectivity index (χ4v) is 2.08. The van der Waals surface area contributed by atoms with Crippen LogP contribution in [0.2, 0.25) is 5.15 Å². The summed E-state index contributed by atoms with van der Waals surface area (Å²) >= 11 is 9.55. The van der Waals surface area contributed by atoms with Gasteiger partial charge in [0.25, 0.3) is 0 Å². The summed E-state index contributed by atoms with van der Waals surface area (Å²) in [5.74, 6) is 0.905. The Morgan fingerprint density at radius 3 is 2.71 bits per heavy atom. The zero-order valence-electron chi connectivity index (χ0n) is 9.43. The second kappa shape index (κ2) is 5.67. The standard InChI is InChI=1S/C12H13BrClN3/c1-15-7-6-10-16-11(12(14)17-10)8-2-4-9(13)5-3-8/h2-5,15H,6-7H2,1H3,(H,16,17). The van der Waals surface area contributed by atoms with E-state index >= 15 is 0 Å². The molecule has 0 bridgehead atoms. The molecule has 0 saturated heterocycles. The zero-order valence-corrected chi connectivity index (χ0v) is 11.8. The molecule has 3 nitrogen and oxygen atoms in total. The van der Waals surface area contributed by atoms with Gasteiger partial charge in [-0.1, -0.05) is 39.7 Å². The summed E-state index contributed by atoms with van der Waals surface area (Å²) in [5, 5.41) is 3.68. The SMILES string of the molecule is CNCCc1nc(-c2ccc(Br)cc2)c(Cl)[nH]1. The van der Waals surface area contributed by atoms with Crippen molar-refractivity contribution in [1.82, 2.24) is 15.3 Å². The van der Waals surface area contributed by atoms with Gasteiger partial charge in [0.15, 0.2) is 0 Å². The molecular formula is C12H13BrClN3. The van der Waals surface area contributed by atoms with Crippen LogP contribution in [-0.4, -0.2) is 23.6 Å². The highest BCUT2D eigenvalue weighted by molar-refractivity contribution is 9.10. The molecule has 2 rings (SSSR count). The smallest absolute Gasteiger partial charge is 0.134 e. The second-order valence-corrected chi connectivity index (χ2v) is 5.00. The first-order valence-corrected chi connectivity index (χ1v) is 6.52. The predicted molar refractivity (Wildman–Crippen MR) is 74.4 cm³/mol. The van der Waals surface area contributed by atoms with Crippen LogP contribution < -0.4 is 5.32 Å². The molecule has 5 heteroatoms. The van der Waals surface area contributed by atoms with E-state index in [0.717, 1.165) is 34.5 Å². The van der Waals surface area contributed by atoms with Gasteiger partial charge in [0.2, 0.25) is 0 Å². The lowest BCUT2D eigenvalue weighted by Crippen LogP contribution is -2.11. The third kappa shape index (κ3) is 3.09. The molecule has 0 fully saturated rings. The summed E-state index contributed by atoms with van der Waals surface area (Å²) in [6.07, 6.45) is 0.840. The minimum atomic E-state index is 0.596. The molecule has 0 unspecified atom stereocenters. The van der Waals surface area contributed by atoms with Crippen molar-refractivity contribution in [3.63, 3.8) is 0 Å². The number of nitrogens with zero attached hydrogens (tertiary/aromatic N) is 1. The number of hydrogen-bond acceptors (Lipinski definition) is 2. The molecule has 0 aliphatic carbocycles. The van der Waals surface area contributed by atoms with Crippen molar-refractivity contribution in [2.24, 2.45) is 0 Å². The lowest BCUT2D eigenvalue weighted by Gasteiger charge is -1.97. The number of H-pyrrole nitrogens is 1. The van der Waals surface area contributed by atoms with Crippen LogP contribution in [0.15, 0.2) is 28.7 Å². The van der Waals surface area contributed by atoms with Gasteiger partial charge in [0.1, 0.15) is 16.7 Å². The Kier molecular flexibility index (Phi) is 4.20.